The van der Waals surface area contributed by atoms with Gasteiger partial charge in [-0.3, -0.25) is 9.59 Å². The van der Waals surface area contributed by atoms with E-state index in [1.165, 1.54) is 18.2 Å². The molecule has 26 heavy (non-hydrogen) atoms. The van der Waals surface area contributed by atoms with Crippen molar-refractivity contribution >= 4 is 23.2 Å². The van der Waals surface area contributed by atoms with Gasteiger partial charge in [-0.1, -0.05) is 24.3 Å². The third-order valence-electron chi connectivity index (χ3n) is 3.43. The molecular weight excluding hydrogens is 340 g/mol. The Kier molecular flexibility index (Phi) is 4.98. The van der Waals surface area contributed by atoms with Gasteiger partial charge in [0, 0.05) is 11.8 Å². The monoisotopic (exact) mass is 353 g/mol. The lowest BCUT2D eigenvalue weighted by molar-refractivity contribution is 0.101. The van der Waals surface area contributed by atoms with E-state index < -0.39 is 23.4 Å². The van der Waals surface area contributed by atoms with Crippen LogP contribution < -0.4 is 10.6 Å². The Morgan fingerprint density at radius 1 is 0.769 bits per heavy atom. The van der Waals surface area contributed by atoms with Gasteiger partial charge in [0.05, 0.1) is 5.69 Å². The fraction of sp³-hybridized carbons (Fsp3) is 0. The van der Waals surface area contributed by atoms with Gasteiger partial charge in [-0.15, -0.1) is 0 Å². The number of aromatic nitrogens is 1. The summed E-state index contributed by atoms with van der Waals surface area (Å²) in [7, 11) is 0. The summed E-state index contributed by atoms with van der Waals surface area (Å²) in [6, 6.07) is 15.9. The topological polar surface area (TPSA) is 71.1 Å². The number of benzene rings is 2. The summed E-state index contributed by atoms with van der Waals surface area (Å²) in [5.74, 6) is -2.86. The predicted molar refractivity (Wildman–Crippen MR) is 92.9 cm³/mol. The van der Waals surface area contributed by atoms with Crippen molar-refractivity contribution in [3.05, 3.63) is 89.8 Å². The first-order valence-electron chi connectivity index (χ1n) is 7.63. The minimum atomic E-state index is -0.906. The molecule has 3 rings (SSSR count). The second-order valence-corrected chi connectivity index (χ2v) is 5.31. The van der Waals surface area contributed by atoms with Crippen LogP contribution in [-0.2, 0) is 0 Å². The SMILES string of the molecule is O=C(Nc1ccccc1)c1cccc(C(=O)Nc2ccc(F)cc2F)n1. The zero-order valence-electron chi connectivity index (χ0n) is 13.4. The lowest BCUT2D eigenvalue weighted by atomic mass is 10.2. The van der Waals surface area contributed by atoms with Crippen molar-refractivity contribution in [2.45, 2.75) is 0 Å². The Balaban J connectivity index is 1.76. The lowest BCUT2D eigenvalue weighted by Gasteiger charge is -2.08. The average molecular weight is 353 g/mol. The molecule has 2 N–H and O–H groups in total. The molecule has 0 saturated carbocycles. The molecule has 0 spiro atoms. The second-order valence-electron chi connectivity index (χ2n) is 5.31. The normalized spacial score (nSPS) is 10.2. The molecule has 3 aromatic rings. The van der Waals surface area contributed by atoms with E-state index in [4.69, 9.17) is 0 Å². The molecule has 0 atom stereocenters. The number of hydrogen-bond donors (Lipinski definition) is 2. The number of nitrogens with zero attached hydrogens (tertiary/aromatic N) is 1. The number of hydrogen-bond acceptors (Lipinski definition) is 3. The van der Waals surface area contributed by atoms with Gasteiger partial charge >= 0.3 is 0 Å². The Morgan fingerprint density at radius 2 is 1.42 bits per heavy atom. The molecular formula is C19H13F2N3O2. The van der Waals surface area contributed by atoms with Gasteiger partial charge in [0.25, 0.3) is 11.8 Å². The van der Waals surface area contributed by atoms with Crippen LogP contribution in [0.5, 0.6) is 0 Å². The first-order valence-corrected chi connectivity index (χ1v) is 7.63. The van der Waals surface area contributed by atoms with Crippen molar-refractivity contribution in [1.82, 2.24) is 4.98 Å². The maximum Gasteiger partial charge on any atom is 0.274 e. The van der Waals surface area contributed by atoms with Gasteiger partial charge in [-0.05, 0) is 36.4 Å². The van der Waals surface area contributed by atoms with Crippen molar-refractivity contribution in [2.75, 3.05) is 10.6 Å². The summed E-state index contributed by atoms with van der Waals surface area (Å²) in [6.07, 6.45) is 0. The zero-order chi connectivity index (χ0) is 18.5. The summed E-state index contributed by atoms with van der Waals surface area (Å²) < 4.78 is 26.6. The molecule has 0 saturated heterocycles. The van der Waals surface area contributed by atoms with E-state index in [2.05, 4.69) is 15.6 Å². The van der Waals surface area contributed by atoms with Crippen LogP contribution in [0.15, 0.2) is 66.7 Å². The van der Waals surface area contributed by atoms with E-state index in [-0.39, 0.29) is 17.1 Å². The van der Waals surface area contributed by atoms with Crippen LogP contribution in [0.4, 0.5) is 20.2 Å². The van der Waals surface area contributed by atoms with Gasteiger partial charge in [0.1, 0.15) is 23.0 Å². The van der Waals surface area contributed by atoms with Gasteiger partial charge in [-0.2, -0.15) is 0 Å². The highest BCUT2D eigenvalue weighted by molar-refractivity contribution is 6.06. The van der Waals surface area contributed by atoms with Crippen molar-refractivity contribution in [1.29, 1.82) is 0 Å². The highest BCUT2D eigenvalue weighted by atomic mass is 19.1. The van der Waals surface area contributed by atoms with Gasteiger partial charge in [0.2, 0.25) is 0 Å². The highest BCUT2D eigenvalue weighted by Gasteiger charge is 2.14. The molecule has 1 aromatic heterocycles. The number of pyridine rings is 1. The van der Waals surface area contributed by atoms with Crippen LogP contribution in [0, 0.1) is 11.6 Å². The second kappa shape index (κ2) is 7.52. The average Bonchev–Trinajstić information content (AvgIpc) is 2.65. The Morgan fingerprint density at radius 3 is 2.08 bits per heavy atom. The Labute approximate surface area is 147 Å². The number of nitrogens with one attached hydrogen (secondary N) is 2. The van der Waals surface area contributed by atoms with E-state index in [0.717, 1.165) is 12.1 Å². The summed E-state index contributed by atoms with van der Waals surface area (Å²) in [5, 5.41) is 4.95. The molecule has 0 aliphatic heterocycles. The van der Waals surface area contributed by atoms with E-state index in [1.807, 2.05) is 6.07 Å². The minimum absolute atomic E-state index is 0.0288. The molecule has 130 valence electrons. The Hall–Kier alpha value is -3.61. The molecule has 1 heterocycles. The number of anilines is 2. The van der Waals surface area contributed by atoms with Crippen molar-refractivity contribution < 1.29 is 18.4 Å². The van der Waals surface area contributed by atoms with E-state index in [0.29, 0.717) is 11.8 Å². The third-order valence-corrected chi connectivity index (χ3v) is 3.43. The van der Waals surface area contributed by atoms with Crippen LogP contribution >= 0.6 is 0 Å². The lowest BCUT2D eigenvalue weighted by Crippen LogP contribution is -2.19. The molecule has 0 unspecified atom stereocenters. The first kappa shape index (κ1) is 17.2. The van der Waals surface area contributed by atoms with Gasteiger partial charge in [0.15, 0.2) is 0 Å². The Bertz CT molecular complexity index is 962. The zero-order valence-corrected chi connectivity index (χ0v) is 13.4. The third kappa shape index (κ3) is 4.07. The largest absolute Gasteiger partial charge is 0.321 e. The molecule has 0 fully saturated rings. The number of para-hydroxylation sites is 1. The number of rotatable bonds is 4. The highest BCUT2D eigenvalue weighted by Crippen LogP contribution is 2.16. The number of amides is 2. The van der Waals surface area contributed by atoms with E-state index in [9.17, 15) is 18.4 Å². The fourth-order valence-electron chi connectivity index (χ4n) is 2.18. The fourth-order valence-corrected chi connectivity index (χ4v) is 2.18. The molecule has 5 nitrogen and oxygen atoms in total. The number of carbonyl (C=O) groups excluding carboxylic acids is 2. The van der Waals surface area contributed by atoms with E-state index >= 15 is 0 Å². The smallest absolute Gasteiger partial charge is 0.274 e. The molecule has 7 heteroatoms. The van der Waals surface area contributed by atoms with Crippen LogP contribution in [0.1, 0.15) is 21.0 Å². The molecule has 0 aliphatic rings. The summed E-state index contributed by atoms with van der Waals surface area (Å²) >= 11 is 0. The standard InChI is InChI=1S/C19H13F2N3O2/c20-12-9-10-15(14(21)11-12)24-19(26)17-8-4-7-16(23-17)18(25)22-13-5-2-1-3-6-13/h1-11H,(H,22,25)(H,24,26). The maximum absolute atomic E-state index is 13.6. The number of carbonyl (C=O) groups is 2. The first-order chi connectivity index (χ1) is 12.5. The summed E-state index contributed by atoms with van der Waals surface area (Å²) in [4.78, 5) is 28.4. The summed E-state index contributed by atoms with van der Waals surface area (Å²) in [6.45, 7) is 0. The predicted octanol–water partition coefficient (Wildman–Crippen LogP) is 3.86. The van der Waals surface area contributed by atoms with Crippen molar-refractivity contribution in [2.24, 2.45) is 0 Å². The molecule has 2 aromatic carbocycles. The quantitative estimate of drug-likeness (QED) is 0.748. The van der Waals surface area contributed by atoms with Crippen molar-refractivity contribution in [3.8, 4) is 0 Å². The van der Waals surface area contributed by atoms with Crippen molar-refractivity contribution in [3.63, 3.8) is 0 Å². The van der Waals surface area contributed by atoms with Crippen LogP contribution in [-0.4, -0.2) is 16.8 Å². The molecule has 0 radical (unpaired) electrons. The molecule has 0 aliphatic carbocycles. The molecule has 2 amide bonds. The molecule has 0 bridgehead atoms. The van der Waals surface area contributed by atoms with Crippen LogP contribution in [0.3, 0.4) is 0 Å². The van der Waals surface area contributed by atoms with Crippen LogP contribution in [0.2, 0.25) is 0 Å². The van der Waals surface area contributed by atoms with Gasteiger partial charge in [-0.25, -0.2) is 13.8 Å². The minimum Gasteiger partial charge on any atom is -0.321 e. The van der Waals surface area contributed by atoms with E-state index in [1.54, 1.807) is 24.3 Å². The number of halogens is 2. The maximum atomic E-state index is 13.6. The summed E-state index contributed by atoms with van der Waals surface area (Å²) in [5.41, 5.74) is 0.357. The van der Waals surface area contributed by atoms with Gasteiger partial charge < -0.3 is 10.6 Å². The van der Waals surface area contributed by atoms with Crippen LogP contribution in [0.25, 0.3) is 0 Å².